The minimum Gasteiger partial charge on any atom is -0.352 e. The van der Waals surface area contributed by atoms with Gasteiger partial charge in [-0.3, -0.25) is 9.79 Å². The highest BCUT2D eigenvalue weighted by atomic mass is 35.5. The maximum atomic E-state index is 12.3. The number of nitrogens with one attached hydrogen (secondary N) is 3. The molecule has 6 nitrogen and oxygen atoms in total. The van der Waals surface area contributed by atoms with Gasteiger partial charge in [-0.25, -0.2) is 0 Å². The highest BCUT2D eigenvalue weighted by Gasteiger charge is 2.26. The third kappa shape index (κ3) is 3.15. The number of hydrogen-bond donors (Lipinski definition) is 3. The summed E-state index contributed by atoms with van der Waals surface area (Å²) in [7, 11) is 1.52. The molecule has 1 aliphatic rings. The second-order valence-corrected chi connectivity index (χ2v) is 5.28. The summed E-state index contributed by atoms with van der Waals surface area (Å²) in [4.78, 5) is 24.2. The normalized spacial score (nSPS) is 22.0. The third-order valence-electron chi connectivity index (χ3n) is 3.12. The Labute approximate surface area is 126 Å². The van der Waals surface area contributed by atoms with Crippen LogP contribution >= 0.6 is 23.2 Å². The monoisotopic (exact) mass is 318 g/mol. The van der Waals surface area contributed by atoms with Gasteiger partial charge in [-0.2, -0.15) is 5.48 Å². The van der Waals surface area contributed by atoms with Crippen LogP contribution < -0.4 is 10.8 Å². The van der Waals surface area contributed by atoms with Gasteiger partial charge in [0.2, 0.25) is 0 Å². The van der Waals surface area contributed by atoms with Gasteiger partial charge in [0, 0.05) is 18.5 Å². The summed E-state index contributed by atoms with van der Waals surface area (Å²) in [5.74, 6) is -0.298. The number of hydroxylamine groups is 1. The number of aromatic amines is 1. The van der Waals surface area contributed by atoms with Crippen LogP contribution in [0.5, 0.6) is 0 Å². The van der Waals surface area contributed by atoms with Crippen molar-refractivity contribution in [3.8, 4) is 0 Å². The standard InChI is InChI=1S/C12H16Cl2N4O2/c1-6-9(13)10(14)11(16-6)12(19)17-7-3-4-15-5-8(7)18-20-2/h5,7-8,16,18H,3-4H2,1-2H3,(H,17,19). The molecule has 1 amide bonds. The van der Waals surface area contributed by atoms with Gasteiger partial charge in [0.15, 0.2) is 0 Å². The van der Waals surface area contributed by atoms with E-state index in [1.807, 2.05) is 0 Å². The van der Waals surface area contributed by atoms with Crippen LogP contribution in [0.15, 0.2) is 4.99 Å². The van der Waals surface area contributed by atoms with Crippen molar-refractivity contribution in [3.05, 3.63) is 21.4 Å². The van der Waals surface area contributed by atoms with Crippen molar-refractivity contribution in [1.29, 1.82) is 0 Å². The van der Waals surface area contributed by atoms with Crippen LogP contribution in [0.1, 0.15) is 22.6 Å². The zero-order chi connectivity index (χ0) is 14.7. The Morgan fingerprint density at radius 1 is 1.50 bits per heavy atom. The molecule has 0 bridgehead atoms. The minimum atomic E-state index is -0.298. The number of aryl methyl sites for hydroxylation is 1. The Balaban J connectivity index is 2.10. The molecule has 0 aliphatic carbocycles. The van der Waals surface area contributed by atoms with Crippen LogP contribution in [0.4, 0.5) is 0 Å². The van der Waals surface area contributed by atoms with Crippen LogP contribution in [-0.4, -0.2) is 42.8 Å². The summed E-state index contributed by atoms with van der Waals surface area (Å²) >= 11 is 12.0. The fourth-order valence-corrected chi connectivity index (χ4v) is 2.48. The van der Waals surface area contributed by atoms with E-state index in [1.165, 1.54) is 7.11 Å². The number of aliphatic imine (C=N–C) groups is 1. The third-order valence-corrected chi connectivity index (χ3v) is 4.07. The lowest BCUT2D eigenvalue weighted by atomic mass is 10.0. The summed E-state index contributed by atoms with van der Waals surface area (Å²) in [5.41, 5.74) is 3.73. The number of halogens is 2. The number of amides is 1. The van der Waals surface area contributed by atoms with Gasteiger partial charge in [-0.1, -0.05) is 23.2 Å². The molecule has 0 saturated carbocycles. The van der Waals surface area contributed by atoms with Crippen LogP contribution in [-0.2, 0) is 4.84 Å². The van der Waals surface area contributed by atoms with E-state index in [-0.39, 0.29) is 28.7 Å². The van der Waals surface area contributed by atoms with E-state index in [4.69, 9.17) is 28.0 Å². The van der Waals surface area contributed by atoms with E-state index in [1.54, 1.807) is 13.1 Å². The Kier molecular flexibility index (Phi) is 5.04. The van der Waals surface area contributed by atoms with Crippen LogP contribution in [0.3, 0.4) is 0 Å². The first-order valence-electron chi connectivity index (χ1n) is 6.17. The highest BCUT2D eigenvalue weighted by molar-refractivity contribution is 6.44. The SMILES string of the molecule is CONC1C=NCCC1NC(=O)c1[nH]c(C)c(Cl)c1Cl. The first kappa shape index (κ1) is 15.3. The molecule has 0 fully saturated rings. The van der Waals surface area contributed by atoms with Crippen molar-refractivity contribution in [3.63, 3.8) is 0 Å². The zero-order valence-corrected chi connectivity index (χ0v) is 12.7. The van der Waals surface area contributed by atoms with Crippen LogP contribution in [0.2, 0.25) is 10.0 Å². The van der Waals surface area contributed by atoms with Crippen molar-refractivity contribution < 1.29 is 9.63 Å². The smallest absolute Gasteiger partial charge is 0.269 e. The van der Waals surface area contributed by atoms with Crippen molar-refractivity contribution in [2.24, 2.45) is 4.99 Å². The highest BCUT2D eigenvalue weighted by Crippen LogP contribution is 2.29. The fourth-order valence-electron chi connectivity index (χ4n) is 2.06. The van der Waals surface area contributed by atoms with E-state index >= 15 is 0 Å². The largest absolute Gasteiger partial charge is 0.352 e. The van der Waals surface area contributed by atoms with Gasteiger partial charge >= 0.3 is 0 Å². The van der Waals surface area contributed by atoms with Gasteiger partial charge in [0.05, 0.1) is 29.2 Å². The summed E-state index contributed by atoms with van der Waals surface area (Å²) < 4.78 is 0. The molecule has 1 aromatic heterocycles. The summed E-state index contributed by atoms with van der Waals surface area (Å²) in [6, 6.07) is -0.304. The van der Waals surface area contributed by atoms with E-state index in [2.05, 4.69) is 20.8 Å². The predicted molar refractivity (Wildman–Crippen MR) is 78.7 cm³/mol. The van der Waals surface area contributed by atoms with Crippen LogP contribution in [0.25, 0.3) is 0 Å². The van der Waals surface area contributed by atoms with Crippen molar-refractivity contribution in [2.45, 2.75) is 25.4 Å². The Morgan fingerprint density at radius 3 is 2.85 bits per heavy atom. The molecule has 20 heavy (non-hydrogen) atoms. The number of carbonyl (C=O) groups excluding carboxylic acids is 1. The second kappa shape index (κ2) is 6.58. The number of rotatable bonds is 4. The van der Waals surface area contributed by atoms with Crippen LogP contribution in [0, 0.1) is 6.92 Å². The molecular formula is C12H16Cl2N4O2. The molecule has 2 heterocycles. The molecule has 0 radical (unpaired) electrons. The molecule has 0 spiro atoms. The first-order valence-corrected chi connectivity index (χ1v) is 6.93. The molecule has 2 unspecified atom stereocenters. The first-order chi connectivity index (χ1) is 9.54. The van der Waals surface area contributed by atoms with Gasteiger partial charge in [-0.15, -0.1) is 0 Å². The molecule has 3 N–H and O–H groups in total. The fraction of sp³-hybridized carbons (Fsp3) is 0.500. The minimum absolute atomic E-state index is 0.126. The maximum Gasteiger partial charge on any atom is 0.269 e. The lowest BCUT2D eigenvalue weighted by molar-refractivity contribution is 0.0639. The Morgan fingerprint density at radius 2 is 2.25 bits per heavy atom. The average Bonchev–Trinajstić information content (AvgIpc) is 2.69. The number of hydrogen-bond acceptors (Lipinski definition) is 4. The molecule has 0 saturated heterocycles. The molecule has 1 aliphatic heterocycles. The summed E-state index contributed by atoms with van der Waals surface area (Å²) in [5, 5.41) is 3.51. The molecule has 2 rings (SSSR count). The maximum absolute atomic E-state index is 12.3. The second-order valence-electron chi connectivity index (χ2n) is 4.52. The van der Waals surface area contributed by atoms with Crippen molar-refractivity contribution in [1.82, 2.24) is 15.8 Å². The Hall–Kier alpha value is -1.08. The van der Waals surface area contributed by atoms with E-state index in [9.17, 15) is 4.79 Å². The van der Waals surface area contributed by atoms with Crippen molar-refractivity contribution >= 4 is 35.3 Å². The van der Waals surface area contributed by atoms with E-state index in [0.29, 0.717) is 23.7 Å². The van der Waals surface area contributed by atoms with E-state index < -0.39 is 0 Å². The molecule has 110 valence electrons. The molecule has 2 atom stereocenters. The summed E-state index contributed by atoms with van der Waals surface area (Å²) in [6.45, 7) is 2.42. The molecule has 0 aromatic carbocycles. The number of nitrogens with zero attached hydrogens (tertiary/aromatic N) is 1. The number of aromatic nitrogens is 1. The quantitative estimate of drug-likeness (QED) is 0.740. The number of H-pyrrole nitrogens is 1. The summed E-state index contributed by atoms with van der Waals surface area (Å²) in [6.07, 6.45) is 2.45. The zero-order valence-electron chi connectivity index (χ0n) is 11.2. The molecule has 1 aromatic rings. The lowest BCUT2D eigenvalue weighted by Crippen LogP contribution is -2.52. The molecule has 8 heteroatoms. The van der Waals surface area contributed by atoms with Gasteiger partial charge in [-0.05, 0) is 13.3 Å². The predicted octanol–water partition coefficient (Wildman–Crippen LogP) is 1.72. The number of carbonyl (C=O) groups is 1. The Bertz CT molecular complexity index is 530. The average molecular weight is 319 g/mol. The molecular weight excluding hydrogens is 303 g/mol. The van der Waals surface area contributed by atoms with Gasteiger partial charge in [0.25, 0.3) is 5.91 Å². The van der Waals surface area contributed by atoms with E-state index in [0.717, 1.165) is 0 Å². The topological polar surface area (TPSA) is 78.5 Å². The van der Waals surface area contributed by atoms with Gasteiger partial charge < -0.3 is 15.1 Å². The van der Waals surface area contributed by atoms with Gasteiger partial charge in [0.1, 0.15) is 5.69 Å². The lowest BCUT2D eigenvalue weighted by Gasteiger charge is -2.27. The van der Waals surface area contributed by atoms with Crippen molar-refractivity contribution in [2.75, 3.05) is 13.7 Å².